The molecular weight excluding hydrogens is 188 g/mol. The minimum absolute atomic E-state index is 0.00347. The van der Waals surface area contributed by atoms with Crippen LogP contribution >= 0.6 is 0 Å². The van der Waals surface area contributed by atoms with Crippen molar-refractivity contribution in [2.75, 3.05) is 6.54 Å². The number of hydrogen-bond acceptors (Lipinski definition) is 2. The highest BCUT2D eigenvalue weighted by atomic mass is 16.2. The van der Waals surface area contributed by atoms with Gasteiger partial charge in [0, 0.05) is 6.54 Å². The van der Waals surface area contributed by atoms with Crippen LogP contribution in [0, 0.1) is 11.8 Å². The Morgan fingerprint density at radius 3 is 2.13 bits per heavy atom. The molecule has 0 radical (unpaired) electrons. The van der Waals surface area contributed by atoms with Crippen LogP contribution in [0.15, 0.2) is 0 Å². The summed E-state index contributed by atoms with van der Waals surface area (Å²) in [4.78, 5) is 11.6. The summed E-state index contributed by atoms with van der Waals surface area (Å²) >= 11 is 0. The van der Waals surface area contributed by atoms with E-state index in [1.807, 2.05) is 6.92 Å². The molecule has 3 N–H and O–H groups in total. The van der Waals surface area contributed by atoms with E-state index in [0.717, 1.165) is 25.8 Å². The first-order chi connectivity index (χ1) is 7.06. The largest absolute Gasteiger partial charge is 0.354 e. The normalized spacial score (nSPS) is 15.1. The maximum absolute atomic E-state index is 11.6. The second-order valence-electron chi connectivity index (χ2n) is 4.34. The Bertz CT molecular complexity index is 178. The van der Waals surface area contributed by atoms with Crippen LogP contribution in [0.4, 0.5) is 0 Å². The van der Waals surface area contributed by atoms with Crippen LogP contribution in [0.3, 0.4) is 0 Å². The van der Waals surface area contributed by atoms with Crippen molar-refractivity contribution in [2.24, 2.45) is 17.6 Å². The predicted molar refractivity (Wildman–Crippen MR) is 64.5 cm³/mol. The fourth-order valence-electron chi connectivity index (χ4n) is 1.45. The zero-order valence-corrected chi connectivity index (χ0v) is 10.5. The van der Waals surface area contributed by atoms with Gasteiger partial charge in [0.15, 0.2) is 0 Å². The van der Waals surface area contributed by atoms with Crippen molar-refractivity contribution in [3.8, 4) is 0 Å². The Kier molecular flexibility index (Phi) is 7.39. The van der Waals surface area contributed by atoms with Crippen molar-refractivity contribution in [1.29, 1.82) is 0 Å². The Labute approximate surface area is 93.8 Å². The number of carbonyl (C=O) groups is 1. The molecule has 0 aliphatic heterocycles. The number of nitrogens with one attached hydrogen (secondary N) is 1. The molecule has 0 aliphatic carbocycles. The molecule has 3 heteroatoms. The molecule has 1 unspecified atom stereocenters. The van der Waals surface area contributed by atoms with E-state index in [2.05, 4.69) is 26.1 Å². The summed E-state index contributed by atoms with van der Waals surface area (Å²) in [5, 5.41) is 2.94. The first-order valence-corrected chi connectivity index (χ1v) is 6.09. The maximum atomic E-state index is 11.6. The quantitative estimate of drug-likeness (QED) is 0.680. The van der Waals surface area contributed by atoms with E-state index in [0.29, 0.717) is 5.92 Å². The minimum Gasteiger partial charge on any atom is -0.354 e. The van der Waals surface area contributed by atoms with Gasteiger partial charge in [-0.05, 0) is 11.8 Å². The van der Waals surface area contributed by atoms with Crippen LogP contribution in [-0.2, 0) is 4.79 Å². The topological polar surface area (TPSA) is 55.1 Å². The third kappa shape index (κ3) is 5.17. The van der Waals surface area contributed by atoms with E-state index in [1.54, 1.807) is 0 Å². The molecule has 0 saturated heterocycles. The van der Waals surface area contributed by atoms with Gasteiger partial charge < -0.3 is 11.1 Å². The maximum Gasteiger partial charge on any atom is 0.237 e. The van der Waals surface area contributed by atoms with Gasteiger partial charge in [-0.15, -0.1) is 0 Å². The predicted octanol–water partition coefficient (Wildman–Crippen LogP) is 1.91. The first kappa shape index (κ1) is 14.4. The average molecular weight is 214 g/mol. The molecule has 90 valence electrons. The van der Waals surface area contributed by atoms with E-state index in [9.17, 15) is 4.79 Å². The molecule has 0 saturated carbocycles. The lowest BCUT2D eigenvalue weighted by Gasteiger charge is -2.19. The molecular formula is C12H26N2O. The van der Waals surface area contributed by atoms with Gasteiger partial charge in [-0.3, -0.25) is 4.79 Å². The van der Waals surface area contributed by atoms with Gasteiger partial charge in [0.2, 0.25) is 5.91 Å². The molecule has 0 bridgehead atoms. The van der Waals surface area contributed by atoms with Gasteiger partial charge >= 0.3 is 0 Å². The average Bonchev–Trinajstić information content (AvgIpc) is 2.27. The molecule has 1 amide bonds. The minimum atomic E-state index is -0.357. The standard InChI is InChI=1S/C12H26N2O/c1-5-9(4)11(13)12(15)14-8-10(6-2)7-3/h9-11H,5-8,13H2,1-4H3,(H,14,15)/t9?,11-/m0/s1. The summed E-state index contributed by atoms with van der Waals surface area (Å²) in [7, 11) is 0. The van der Waals surface area contributed by atoms with Crippen molar-refractivity contribution in [2.45, 2.75) is 53.0 Å². The van der Waals surface area contributed by atoms with Gasteiger partial charge in [-0.2, -0.15) is 0 Å². The van der Waals surface area contributed by atoms with Crippen LogP contribution < -0.4 is 11.1 Å². The second kappa shape index (κ2) is 7.69. The van der Waals surface area contributed by atoms with Gasteiger partial charge in [0.1, 0.15) is 0 Å². The summed E-state index contributed by atoms with van der Waals surface area (Å²) in [6.45, 7) is 9.12. The lowest BCUT2D eigenvalue weighted by atomic mass is 9.98. The molecule has 0 rings (SSSR count). The van der Waals surface area contributed by atoms with Gasteiger partial charge in [0.05, 0.1) is 6.04 Å². The third-order valence-corrected chi connectivity index (χ3v) is 3.28. The highest BCUT2D eigenvalue weighted by Crippen LogP contribution is 2.07. The smallest absolute Gasteiger partial charge is 0.237 e. The van der Waals surface area contributed by atoms with Crippen molar-refractivity contribution < 1.29 is 4.79 Å². The number of amides is 1. The molecule has 0 aliphatic rings. The zero-order chi connectivity index (χ0) is 11.8. The highest BCUT2D eigenvalue weighted by molar-refractivity contribution is 5.81. The summed E-state index contributed by atoms with van der Waals surface area (Å²) in [6, 6.07) is -0.357. The summed E-state index contributed by atoms with van der Waals surface area (Å²) in [5.41, 5.74) is 5.83. The lowest BCUT2D eigenvalue weighted by molar-refractivity contribution is -0.123. The van der Waals surface area contributed by atoms with E-state index in [1.165, 1.54) is 0 Å². The Morgan fingerprint density at radius 2 is 1.73 bits per heavy atom. The number of rotatable bonds is 7. The number of hydrogen-bond donors (Lipinski definition) is 2. The van der Waals surface area contributed by atoms with Crippen molar-refractivity contribution >= 4 is 5.91 Å². The molecule has 0 heterocycles. The molecule has 2 atom stereocenters. The summed E-state index contributed by atoms with van der Waals surface area (Å²) < 4.78 is 0. The van der Waals surface area contributed by atoms with E-state index in [4.69, 9.17) is 5.73 Å². The van der Waals surface area contributed by atoms with E-state index >= 15 is 0 Å². The third-order valence-electron chi connectivity index (χ3n) is 3.28. The van der Waals surface area contributed by atoms with Crippen molar-refractivity contribution in [3.05, 3.63) is 0 Å². The van der Waals surface area contributed by atoms with Crippen LogP contribution in [-0.4, -0.2) is 18.5 Å². The molecule has 0 fully saturated rings. The Balaban J connectivity index is 3.92. The van der Waals surface area contributed by atoms with Crippen molar-refractivity contribution in [1.82, 2.24) is 5.32 Å². The SMILES string of the molecule is CCC(CC)CNC(=O)[C@@H](N)C(C)CC. The fraction of sp³-hybridized carbons (Fsp3) is 0.917. The van der Waals surface area contributed by atoms with Crippen LogP contribution in [0.25, 0.3) is 0 Å². The highest BCUT2D eigenvalue weighted by Gasteiger charge is 2.19. The molecule has 0 aromatic carbocycles. The van der Waals surface area contributed by atoms with Crippen LogP contribution in [0.1, 0.15) is 47.0 Å². The molecule has 0 aromatic heterocycles. The van der Waals surface area contributed by atoms with Gasteiger partial charge in [0.25, 0.3) is 0 Å². The molecule has 15 heavy (non-hydrogen) atoms. The van der Waals surface area contributed by atoms with Crippen molar-refractivity contribution in [3.63, 3.8) is 0 Å². The second-order valence-corrected chi connectivity index (χ2v) is 4.34. The summed E-state index contributed by atoms with van der Waals surface area (Å²) in [5.74, 6) is 0.834. The number of carbonyl (C=O) groups excluding carboxylic acids is 1. The van der Waals surface area contributed by atoms with Gasteiger partial charge in [-0.25, -0.2) is 0 Å². The first-order valence-electron chi connectivity index (χ1n) is 6.09. The molecule has 3 nitrogen and oxygen atoms in total. The monoisotopic (exact) mass is 214 g/mol. The van der Waals surface area contributed by atoms with Crippen LogP contribution in [0.2, 0.25) is 0 Å². The Hall–Kier alpha value is -0.570. The van der Waals surface area contributed by atoms with E-state index < -0.39 is 0 Å². The molecule has 0 spiro atoms. The summed E-state index contributed by atoms with van der Waals surface area (Å²) in [6.07, 6.45) is 3.16. The number of nitrogens with two attached hydrogens (primary N) is 1. The lowest BCUT2D eigenvalue weighted by Crippen LogP contribution is -2.45. The fourth-order valence-corrected chi connectivity index (χ4v) is 1.45. The zero-order valence-electron chi connectivity index (χ0n) is 10.5. The molecule has 0 aromatic rings. The van der Waals surface area contributed by atoms with Crippen LogP contribution in [0.5, 0.6) is 0 Å². The Morgan fingerprint density at radius 1 is 1.20 bits per heavy atom. The van der Waals surface area contributed by atoms with E-state index in [-0.39, 0.29) is 17.9 Å². The van der Waals surface area contributed by atoms with Gasteiger partial charge in [-0.1, -0.05) is 47.0 Å².